The van der Waals surface area contributed by atoms with Crippen LogP contribution in [0.15, 0.2) is 89.3 Å². The molecule has 0 aliphatic heterocycles. The van der Waals surface area contributed by atoms with Crippen LogP contribution in [0.3, 0.4) is 0 Å². The van der Waals surface area contributed by atoms with Gasteiger partial charge in [0, 0.05) is 11.3 Å². The van der Waals surface area contributed by atoms with Crippen molar-refractivity contribution in [1.29, 1.82) is 0 Å². The maximum absolute atomic E-state index is 12.8. The minimum atomic E-state index is -0.358. The second kappa shape index (κ2) is 11.4. The molecule has 5 aromatic rings. The van der Waals surface area contributed by atoms with Crippen molar-refractivity contribution in [3.8, 4) is 23.0 Å². The van der Waals surface area contributed by atoms with Gasteiger partial charge in [0.15, 0.2) is 10.7 Å². The van der Waals surface area contributed by atoms with E-state index in [1.165, 1.54) is 0 Å². The van der Waals surface area contributed by atoms with Crippen LogP contribution in [0, 0.1) is 6.92 Å². The van der Waals surface area contributed by atoms with Crippen molar-refractivity contribution >= 4 is 40.0 Å². The summed E-state index contributed by atoms with van der Waals surface area (Å²) in [6, 6.07) is 26.0. The summed E-state index contributed by atoms with van der Waals surface area (Å²) < 4.78 is 11.7. The first-order valence-electron chi connectivity index (χ1n) is 12.5. The van der Waals surface area contributed by atoms with E-state index in [0.29, 0.717) is 46.2 Å². The average molecular weight is 538 g/mol. The number of anilines is 1. The van der Waals surface area contributed by atoms with E-state index in [4.69, 9.17) is 21.4 Å². The molecule has 0 saturated heterocycles. The number of fused-ring (bicyclic) bond motifs is 1. The summed E-state index contributed by atoms with van der Waals surface area (Å²) in [5.74, 6) is 0.663. The predicted octanol–water partition coefficient (Wildman–Crippen LogP) is 6.78. The molecular weight excluding hydrogens is 510 g/mol. The van der Waals surface area contributed by atoms with Gasteiger partial charge in [-0.25, -0.2) is 4.98 Å². The molecule has 0 bridgehead atoms. The van der Waals surface area contributed by atoms with Gasteiger partial charge in [-0.05, 0) is 90.8 Å². The van der Waals surface area contributed by atoms with Crippen LogP contribution in [0.1, 0.15) is 34.0 Å². The number of aromatic nitrogens is 1. The lowest BCUT2D eigenvalue weighted by Crippen LogP contribution is -2.34. The molecule has 7 nitrogen and oxygen atoms in total. The van der Waals surface area contributed by atoms with Crippen molar-refractivity contribution in [3.63, 3.8) is 0 Å². The van der Waals surface area contributed by atoms with Crippen LogP contribution in [-0.4, -0.2) is 21.1 Å². The fraction of sp³-hybridized carbons (Fsp3) is 0.129. The monoisotopic (exact) mass is 537 g/mol. The highest BCUT2D eigenvalue weighted by molar-refractivity contribution is 7.80. The molecule has 8 heteroatoms. The number of aromatic hydroxyl groups is 1. The van der Waals surface area contributed by atoms with Gasteiger partial charge in [-0.15, -0.1) is 0 Å². The highest BCUT2D eigenvalue weighted by Gasteiger charge is 2.17. The number of amides is 1. The van der Waals surface area contributed by atoms with Crippen molar-refractivity contribution in [2.75, 3.05) is 5.32 Å². The molecule has 0 spiro atoms. The number of carbonyl (C=O) groups is 1. The minimum Gasteiger partial charge on any atom is -0.507 e. The molecule has 3 N–H and O–H groups in total. The molecule has 1 aromatic heterocycles. The second-order valence-electron chi connectivity index (χ2n) is 9.07. The van der Waals surface area contributed by atoms with E-state index >= 15 is 0 Å². The van der Waals surface area contributed by atoms with Gasteiger partial charge in [0.05, 0.1) is 5.56 Å². The van der Waals surface area contributed by atoms with Gasteiger partial charge < -0.3 is 19.6 Å². The number of benzene rings is 4. The summed E-state index contributed by atoms with van der Waals surface area (Å²) in [4.78, 5) is 17.3. The largest absolute Gasteiger partial charge is 0.507 e. The number of carbonyl (C=O) groups excluding carboxylic acids is 1. The van der Waals surface area contributed by atoms with Crippen molar-refractivity contribution in [3.05, 3.63) is 107 Å². The minimum absolute atomic E-state index is 0.0624. The zero-order valence-corrected chi connectivity index (χ0v) is 22.3. The molecule has 196 valence electrons. The number of thiocarbonyl (C=S) groups is 1. The molecule has 39 heavy (non-hydrogen) atoms. The van der Waals surface area contributed by atoms with E-state index in [-0.39, 0.29) is 16.8 Å². The van der Waals surface area contributed by atoms with E-state index in [9.17, 15) is 9.90 Å². The van der Waals surface area contributed by atoms with E-state index in [2.05, 4.69) is 22.5 Å². The van der Waals surface area contributed by atoms with E-state index < -0.39 is 0 Å². The molecule has 1 heterocycles. The molecule has 5 rings (SSSR count). The van der Waals surface area contributed by atoms with Crippen LogP contribution in [0.25, 0.3) is 22.6 Å². The van der Waals surface area contributed by atoms with Gasteiger partial charge in [-0.3, -0.25) is 10.1 Å². The second-order valence-corrected chi connectivity index (χ2v) is 9.48. The highest BCUT2D eigenvalue weighted by atomic mass is 32.1. The number of oxazole rings is 1. The van der Waals surface area contributed by atoms with Crippen LogP contribution in [0.2, 0.25) is 0 Å². The quantitative estimate of drug-likeness (QED) is 0.156. The van der Waals surface area contributed by atoms with Crippen LogP contribution >= 0.6 is 12.2 Å². The molecule has 0 aliphatic rings. The molecule has 0 saturated carbocycles. The molecule has 0 radical (unpaired) electrons. The van der Waals surface area contributed by atoms with E-state index in [1.807, 2.05) is 48.5 Å². The number of phenols is 1. The normalized spacial score (nSPS) is 10.8. The third kappa shape index (κ3) is 6.08. The molecule has 0 aliphatic carbocycles. The van der Waals surface area contributed by atoms with Gasteiger partial charge in [0.1, 0.15) is 23.6 Å². The lowest BCUT2D eigenvalue weighted by molar-refractivity contribution is 0.0977. The first-order valence-corrected chi connectivity index (χ1v) is 12.9. The summed E-state index contributed by atoms with van der Waals surface area (Å²) in [5, 5.41) is 16.5. The van der Waals surface area contributed by atoms with Crippen molar-refractivity contribution < 1.29 is 19.1 Å². The van der Waals surface area contributed by atoms with Gasteiger partial charge in [0.2, 0.25) is 5.89 Å². The number of nitrogens with one attached hydrogen (secondary N) is 2. The SMILES string of the molecule is CCc1ccc2oc(-c3cc(NC(=S)NC(=O)c4ccc(OCc5ccccc5)cc4)cc(C)c3O)nc2c1. The lowest BCUT2D eigenvalue weighted by atomic mass is 10.1. The number of hydrogen-bond donors (Lipinski definition) is 3. The van der Waals surface area contributed by atoms with Crippen LogP contribution < -0.4 is 15.4 Å². The summed E-state index contributed by atoms with van der Waals surface area (Å²) in [6.07, 6.45) is 0.886. The Morgan fingerprint density at radius 1 is 1.00 bits per heavy atom. The molecular formula is C31H27N3O4S. The Bertz CT molecular complexity index is 1650. The molecule has 0 atom stereocenters. The number of aryl methyl sites for hydroxylation is 2. The Balaban J connectivity index is 1.25. The molecule has 4 aromatic carbocycles. The Labute approximate surface area is 231 Å². The third-order valence-corrected chi connectivity index (χ3v) is 6.45. The zero-order valence-electron chi connectivity index (χ0n) is 21.5. The summed E-state index contributed by atoms with van der Waals surface area (Å²) in [5.41, 5.74) is 5.60. The zero-order chi connectivity index (χ0) is 27.4. The number of nitrogens with zero attached hydrogens (tertiary/aromatic N) is 1. The number of phenolic OH excluding ortho intramolecular Hbond substituents is 1. The smallest absolute Gasteiger partial charge is 0.257 e. The lowest BCUT2D eigenvalue weighted by Gasteiger charge is -2.13. The van der Waals surface area contributed by atoms with E-state index in [1.54, 1.807) is 43.3 Å². The number of hydrogen-bond acceptors (Lipinski definition) is 6. The first-order chi connectivity index (χ1) is 18.9. The summed E-state index contributed by atoms with van der Waals surface area (Å²) in [6.45, 7) is 4.29. The van der Waals surface area contributed by atoms with Crippen molar-refractivity contribution in [1.82, 2.24) is 10.3 Å². The Morgan fingerprint density at radius 3 is 2.51 bits per heavy atom. The fourth-order valence-corrected chi connectivity index (χ4v) is 4.31. The van der Waals surface area contributed by atoms with Crippen molar-refractivity contribution in [2.45, 2.75) is 26.9 Å². The predicted molar refractivity (Wildman–Crippen MR) is 156 cm³/mol. The fourth-order valence-electron chi connectivity index (χ4n) is 4.10. The number of ether oxygens (including phenoxy) is 1. The molecule has 0 fully saturated rings. The summed E-state index contributed by atoms with van der Waals surface area (Å²) >= 11 is 5.38. The van der Waals surface area contributed by atoms with Crippen LogP contribution in [0.5, 0.6) is 11.5 Å². The maximum Gasteiger partial charge on any atom is 0.257 e. The van der Waals surface area contributed by atoms with Gasteiger partial charge >= 0.3 is 0 Å². The molecule has 1 amide bonds. The highest BCUT2D eigenvalue weighted by Crippen LogP contribution is 2.36. The Morgan fingerprint density at radius 2 is 1.77 bits per heavy atom. The van der Waals surface area contributed by atoms with Crippen molar-refractivity contribution in [2.24, 2.45) is 0 Å². The third-order valence-electron chi connectivity index (χ3n) is 6.24. The van der Waals surface area contributed by atoms with E-state index in [0.717, 1.165) is 23.1 Å². The average Bonchev–Trinajstić information content (AvgIpc) is 3.37. The Hall–Kier alpha value is -4.69. The summed E-state index contributed by atoms with van der Waals surface area (Å²) in [7, 11) is 0. The standard InChI is InChI=1S/C31H27N3O4S/c1-3-20-9-14-27-26(16-20)33-30(38-27)25-17-23(15-19(2)28(25)35)32-31(39)34-29(36)22-10-12-24(13-11-22)37-18-21-7-5-4-6-8-21/h4-17,35H,3,18H2,1-2H3,(H2,32,34,36,39). The van der Waals surface area contributed by atoms with Crippen LogP contribution in [0.4, 0.5) is 5.69 Å². The number of rotatable bonds is 7. The van der Waals surface area contributed by atoms with Crippen LogP contribution in [-0.2, 0) is 13.0 Å². The maximum atomic E-state index is 12.8. The van der Waals surface area contributed by atoms with Gasteiger partial charge in [-0.2, -0.15) is 0 Å². The molecule has 0 unspecified atom stereocenters. The topological polar surface area (TPSA) is 96.6 Å². The first kappa shape index (κ1) is 25.9. The van der Waals surface area contributed by atoms with Gasteiger partial charge in [-0.1, -0.05) is 43.3 Å². The Kier molecular flexibility index (Phi) is 7.56. The van der Waals surface area contributed by atoms with Gasteiger partial charge in [0.25, 0.3) is 5.91 Å².